The van der Waals surface area contributed by atoms with Crippen molar-refractivity contribution in [3.63, 3.8) is 0 Å². The zero-order chi connectivity index (χ0) is 21.4. The van der Waals surface area contributed by atoms with E-state index in [-0.39, 0.29) is 18.2 Å². The molecule has 0 saturated carbocycles. The monoisotopic (exact) mass is 396 g/mol. The van der Waals surface area contributed by atoms with Crippen molar-refractivity contribution in [2.24, 2.45) is 5.92 Å². The van der Waals surface area contributed by atoms with Crippen molar-refractivity contribution in [1.82, 2.24) is 5.32 Å². The second-order valence-corrected chi connectivity index (χ2v) is 7.43. The Morgan fingerprint density at radius 2 is 1.66 bits per heavy atom. The molecule has 0 aliphatic heterocycles. The molecule has 0 bridgehead atoms. The van der Waals surface area contributed by atoms with Crippen LogP contribution in [0.15, 0.2) is 48.5 Å². The number of carbonyl (C=O) groups is 3. The third-order valence-corrected chi connectivity index (χ3v) is 4.46. The Morgan fingerprint density at radius 1 is 0.966 bits per heavy atom. The second kappa shape index (κ2) is 10.4. The van der Waals surface area contributed by atoms with Gasteiger partial charge in [0.2, 0.25) is 5.91 Å². The summed E-state index contributed by atoms with van der Waals surface area (Å²) in [6.45, 7) is 7.03. The molecule has 6 nitrogen and oxygen atoms in total. The van der Waals surface area contributed by atoms with Crippen molar-refractivity contribution in [2.75, 3.05) is 11.9 Å². The average molecular weight is 396 g/mol. The van der Waals surface area contributed by atoms with Crippen LogP contribution in [0.1, 0.15) is 30.5 Å². The number of aryl methyl sites for hydroxylation is 2. The lowest BCUT2D eigenvalue weighted by Crippen LogP contribution is -2.46. The minimum absolute atomic E-state index is 0.171. The predicted octanol–water partition coefficient (Wildman–Crippen LogP) is 3.17. The van der Waals surface area contributed by atoms with Gasteiger partial charge in [-0.25, -0.2) is 4.79 Å². The first-order chi connectivity index (χ1) is 13.8. The molecule has 2 N–H and O–H groups in total. The normalized spacial score (nSPS) is 11.6. The van der Waals surface area contributed by atoms with E-state index < -0.39 is 24.5 Å². The molecule has 0 aromatic heterocycles. The van der Waals surface area contributed by atoms with Crippen LogP contribution in [-0.2, 0) is 25.5 Å². The van der Waals surface area contributed by atoms with Crippen LogP contribution in [0.3, 0.4) is 0 Å². The zero-order valence-corrected chi connectivity index (χ0v) is 17.3. The Balaban J connectivity index is 1.89. The van der Waals surface area contributed by atoms with E-state index in [0.29, 0.717) is 5.69 Å². The zero-order valence-electron chi connectivity index (χ0n) is 17.3. The maximum atomic E-state index is 12.4. The molecule has 154 valence electrons. The van der Waals surface area contributed by atoms with Crippen LogP contribution in [-0.4, -0.2) is 30.4 Å². The van der Waals surface area contributed by atoms with Crippen molar-refractivity contribution in [1.29, 1.82) is 0 Å². The number of esters is 1. The van der Waals surface area contributed by atoms with Gasteiger partial charge in [0.15, 0.2) is 6.61 Å². The predicted molar refractivity (Wildman–Crippen MR) is 112 cm³/mol. The molecular formula is C23H28N2O4. The van der Waals surface area contributed by atoms with Crippen molar-refractivity contribution in [3.05, 3.63) is 65.2 Å². The van der Waals surface area contributed by atoms with Gasteiger partial charge in [0, 0.05) is 5.69 Å². The summed E-state index contributed by atoms with van der Waals surface area (Å²) in [6.07, 6.45) is 0.171. The van der Waals surface area contributed by atoms with Crippen LogP contribution in [0.4, 0.5) is 5.69 Å². The average Bonchev–Trinajstić information content (AvgIpc) is 2.67. The molecule has 0 unspecified atom stereocenters. The molecule has 0 heterocycles. The molecule has 0 spiro atoms. The summed E-state index contributed by atoms with van der Waals surface area (Å²) >= 11 is 0. The Kier molecular flexibility index (Phi) is 7.95. The molecule has 0 aliphatic rings. The maximum absolute atomic E-state index is 12.4. The summed E-state index contributed by atoms with van der Waals surface area (Å²) in [5.74, 6) is -1.50. The van der Waals surface area contributed by atoms with E-state index in [9.17, 15) is 14.4 Å². The number of hydrogen-bond donors (Lipinski definition) is 2. The summed E-state index contributed by atoms with van der Waals surface area (Å²) in [4.78, 5) is 36.9. The Morgan fingerprint density at radius 3 is 2.31 bits per heavy atom. The van der Waals surface area contributed by atoms with Gasteiger partial charge in [-0.3, -0.25) is 9.59 Å². The molecule has 2 aromatic carbocycles. The van der Waals surface area contributed by atoms with Gasteiger partial charge in [-0.15, -0.1) is 0 Å². The number of rotatable bonds is 8. The number of carbonyl (C=O) groups excluding carboxylic acids is 3. The molecule has 6 heteroatoms. The Labute approximate surface area is 171 Å². The second-order valence-electron chi connectivity index (χ2n) is 7.43. The molecular weight excluding hydrogens is 368 g/mol. The van der Waals surface area contributed by atoms with E-state index in [4.69, 9.17) is 4.74 Å². The number of amides is 2. The van der Waals surface area contributed by atoms with Crippen molar-refractivity contribution in [2.45, 2.75) is 40.2 Å². The molecule has 29 heavy (non-hydrogen) atoms. The highest BCUT2D eigenvalue weighted by atomic mass is 16.5. The van der Waals surface area contributed by atoms with E-state index in [1.54, 1.807) is 0 Å². The standard InChI is InChI=1S/C23H28N2O4/c1-15(2)22(25-20(26)13-18-8-6-5-7-9-18)23(28)29-14-21(27)24-19-12-16(3)10-11-17(19)4/h5-12,15,22H,13-14H2,1-4H3,(H,24,27)(H,25,26)/t22-/m0/s1. The van der Waals surface area contributed by atoms with Gasteiger partial charge in [0.25, 0.3) is 5.91 Å². The lowest BCUT2D eigenvalue weighted by molar-refractivity contribution is -0.151. The van der Waals surface area contributed by atoms with Gasteiger partial charge in [0.1, 0.15) is 6.04 Å². The van der Waals surface area contributed by atoms with E-state index in [2.05, 4.69) is 10.6 Å². The molecule has 0 radical (unpaired) electrons. The topological polar surface area (TPSA) is 84.5 Å². The molecule has 2 aromatic rings. The van der Waals surface area contributed by atoms with E-state index in [0.717, 1.165) is 16.7 Å². The first-order valence-electron chi connectivity index (χ1n) is 9.63. The van der Waals surface area contributed by atoms with Crippen LogP contribution in [0.2, 0.25) is 0 Å². The lowest BCUT2D eigenvalue weighted by Gasteiger charge is -2.21. The fraction of sp³-hybridized carbons (Fsp3) is 0.348. The number of benzene rings is 2. The summed E-state index contributed by atoms with van der Waals surface area (Å²) in [5.41, 5.74) is 3.48. The van der Waals surface area contributed by atoms with Gasteiger partial charge in [-0.2, -0.15) is 0 Å². The first-order valence-corrected chi connectivity index (χ1v) is 9.63. The van der Waals surface area contributed by atoms with E-state index in [1.165, 1.54) is 0 Å². The summed E-state index contributed by atoms with van der Waals surface area (Å²) < 4.78 is 5.15. The third-order valence-electron chi connectivity index (χ3n) is 4.46. The van der Waals surface area contributed by atoms with Gasteiger partial charge in [0.05, 0.1) is 6.42 Å². The summed E-state index contributed by atoms with van der Waals surface area (Å²) in [6, 6.07) is 14.2. The van der Waals surface area contributed by atoms with Crippen molar-refractivity contribution in [3.8, 4) is 0 Å². The van der Waals surface area contributed by atoms with E-state index in [1.807, 2.05) is 76.2 Å². The van der Waals surface area contributed by atoms with Crippen molar-refractivity contribution >= 4 is 23.5 Å². The SMILES string of the molecule is Cc1ccc(C)c(NC(=O)COC(=O)[C@@H](NC(=O)Cc2ccccc2)C(C)C)c1. The third kappa shape index (κ3) is 7.07. The molecule has 0 saturated heterocycles. The van der Waals surface area contributed by atoms with Gasteiger partial charge < -0.3 is 15.4 Å². The van der Waals surface area contributed by atoms with Crippen LogP contribution in [0.25, 0.3) is 0 Å². The van der Waals surface area contributed by atoms with E-state index >= 15 is 0 Å². The van der Waals surface area contributed by atoms with Crippen LogP contribution in [0.5, 0.6) is 0 Å². The first kappa shape index (κ1) is 22.1. The van der Waals surface area contributed by atoms with Crippen LogP contribution >= 0.6 is 0 Å². The highest BCUT2D eigenvalue weighted by molar-refractivity contribution is 5.94. The van der Waals surface area contributed by atoms with Crippen LogP contribution in [0, 0.1) is 19.8 Å². The molecule has 2 amide bonds. The minimum Gasteiger partial charge on any atom is -0.454 e. The molecule has 2 rings (SSSR count). The molecule has 1 atom stereocenters. The number of hydrogen-bond acceptors (Lipinski definition) is 4. The summed E-state index contributed by atoms with van der Waals surface area (Å²) in [7, 11) is 0. The fourth-order valence-corrected chi connectivity index (χ4v) is 2.79. The number of anilines is 1. The smallest absolute Gasteiger partial charge is 0.329 e. The van der Waals surface area contributed by atoms with Crippen LogP contribution < -0.4 is 10.6 Å². The fourth-order valence-electron chi connectivity index (χ4n) is 2.79. The molecule has 0 fully saturated rings. The Bertz CT molecular complexity index is 862. The summed E-state index contributed by atoms with van der Waals surface area (Å²) in [5, 5.41) is 5.45. The van der Waals surface area contributed by atoms with Crippen molar-refractivity contribution < 1.29 is 19.1 Å². The minimum atomic E-state index is -0.820. The van der Waals surface area contributed by atoms with Gasteiger partial charge in [-0.1, -0.05) is 56.3 Å². The largest absolute Gasteiger partial charge is 0.454 e. The lowest BCUT2D eigenvalue weighted by atomic mass is 10.0. The van der Waals surface area contributed by atoms with Gasteiger partial charge >= 0.3 is 5.97 Å². The quantitative estimate of drug-likeness (QED) is 0.671. The highest BCUT2D eigenvalue weighted by Crippen LogP contribution is 2.16. The van der Waals surface area contributed by atoms with Gasteiger partial charge in [-0.05, 0) is 42.5 Å². The molecule has 0 aliphatic carbocycles. The Hall–Kier alpha value is -3.15. The number of nitrogens with one attached hydrogen (secondary N) is 2. The highest BCUT2D eigenvalue weighted by Gasteiger charge is 2.26. The maximum Gasteiger partial charge on any atom is 0.329 e. The number of ether oxygens (including phenoxy) is 1.